The number of ether oxygens (including phenoxy) is 1. The van der Waals surface area contributed by atoms with Crippen LogP contribution in [0.15, 0.2) is 24.3 Å². The molecular formula is C9H5Cl3O3. The van der Waals surface area contributed by atoms with Gasteiger partial charge in [0.05, 0.1) is 5.56 Å². The summed E-state index contributed by atoms with van der Waals surface area (Å²) in [6.07, 6.45) is 0. The number of alkyl halides is 3. The Kier molecular flexibility index (Phi) is 2.39. The van der Waals surface area contributed by atoms with E-state index in [2.05, 4.69) is 0 Å². The molecule has 1 aliphatic rings. The molecule has 1 N–H and O–H groups in total. The van der Waals surface area contributed by atoms with Gasteiger partial charge in [0.15, 0.2) is 0 Å². The maximum Gasteiger partial charge on any atom is 0.341 e. The van der Waals surface area contributed by atoms with Crippen LogP contribution >= 0.6 is 34.8 Å². The Morgan fingerprint density at radius 1 is 1.27 bits per heavy atom. The lowest BCUT2D eigenvalue weighted by Crippen LogP contribution is -2.40. The van der Waals surface area contributed by atoms with Crippen LogP contribution in [0.1, 0.15) is 15.9 Å². The molecule has 1 atom stereocenters. The van der Waals surface area contributed by atoms with Crippen molar-refractivity contribution in [1.29, 1.82) is 0 Å². The lowest BCUT2D eigenvalue weighted by molar-refractivity contribution is -0.159. The number of fused-ring (bicyclic) bond motifs is 1. The molecule has 1 aromatic rings. The van der Waals surface area contributed by atoms with E-state index in [4.69, 9.17) is 39.5 Å². The third-order valence-corrected chi connectivity index (χ3v) is 2.91. The number of hydrogen-bond donors (Lipinski definition) is 1. The van der Waals surface area contributed by atoms with Crippen molar-refractivity contribution in [2.75, 3.05) is 0 Å². The van der Waals surface area contributed by atoms with Gasteiger partial charge < -0.3 is 9.84 Å². The van der Waals surface area contributed by atoms with E-state index in [1.54, 1.807) is 12.1 Å². The highest BCUT2D eigenvalue weighted by atomic mass is 35.6. The van der Waals surface area contributed by atoms with Gasteiger partial charge in [0.25, 0.3) is 9.58 Å². The second kappa shape index (κ2) is 3.25. The maximum atomic E-state index is 11.4. The van der Waals surface area contributed by atoms with Crippen LogP contribution in [0.4, 0.5) is 0 Å². The fourth-order valence-corrected chi connectivity index (χ4v) is 1.83. The molecule has 1 aromatic carbocycles. The molecule has 0 fully saturated rings. The number of rotatable bonds is 0. The van der Waals surface area contributed by atoms with Gasteiger partial charge in [-0.25, -0.2) is 4.79 Å². The summed E-state index contributed by atoms with van der Waals surface area (Å²) in [4.78, 5) is 11.4. The van der Waals surface area contributed by atoms with Crippen LogP contribution in [0.25, 0.3) is 0 Å². The molecule has 1 aliphatic heterocycles. The number of cyclic esters (lactones) is 1. The number of carbonyl (C=O) groups is 1. The molecule has 0 saturated carbocycles. The summed E-state index contributed by atoms with van der Waals surface area (Å²) >= 11 is 16.7. The van der Waals surface area contributed by atoms with Crippen LogP contribution in [0.5, 0.6) is 0 Å². The molecule has 0 amide bonds. The molecule has 1 heterocycles. The fraction of sp³-hybridized carbons (Fsp3) is 0.222. The van der Waals surface area contributed by atoms with Crippen LogP contribution in [0, 0.1) is 0 Å². The molecule has 6 heteroatoms. The summed E-state index contributed by atoms with van der Waals surface area (Å²) < 4.78 is 2.57. The van der Waals surface area contributed by atoms with Crippen molar-refractivity contribution >= 4 is 40.8 Å². The summed E-state index contributed by atoms with van der Waals surface area (Å²) in [6.45, 7) is 0. The highest BCUT2D eigenvalue weighted by Gasteiger charge is 2.57. The Bertz CT molecular complexity index is 427. The van der Waals surface area contributed by atoms with Gasteiger partial charge in [-0.05, 0) is 6.07 Å². The minimum Gasteiger partial charge on any atom is -0.420 e. The van der Waals surface area contributed by atoms with Gasteiger partial charge in [0, 0.05) is 5.56 Å². The van der Waals surface area contributed by atoms with Crippen molar-refractivity contribution in [2.45, 2.75) is 9.58 Å². The van der Waals surface area contributed by atoms with Gasteiger partial charge in [-0.2, -0.15) is 0 Å². The zero-order chi connectivity index (χ0) is 11.3. The second-order valence-electron chi connectivity index (χ2n) is 3.08. The number of benzene rings is 1. The lowest BCUT2D eigenvalue weighted by Gasteiger charge is -2.28. The number of hydrogen-bond acceptors (Lipinski definition) is 3. The molecule has 0 bridgehead atoms. The monoisotopic (exact) mass is 266 g/mol. The standard InChI is InChI=1S/C9H5Cl3O3/c10-9(11,12)8(14)6-4-2-1-3-5(6)7(13)15-8/h1-4,14H/t8-/m0/s1. The first-order valence-corrected chi connectivity index (χ1v) is 5.11. The molecule has 80 valence electrons. The van der Waals surface area contributed by atoms with E-state index >= 15 is 0 Å². The first-order valence-electron chi connectivity index (χ1n) is 3.98. The predicted octanol–water partition coefficient (Wildman–Crippen LogP) is 2.37. The van der Waals surface area contributed by atoms with Gasteiger partial charge in [0.2, 0.25) is 0 Å². The zero-order valence-electron chi connectivity index (χ0n) is 7.21. The molecule has 2 rings (SSSR count). The van der Waals surface area contributed by atoms with Crippen molar-refractivity contribution in [1.82, 2.24) is 0 Å². The average molecular weight is 267 g/mol. The average Bonchev–Trinajstić information content (AvgIpc) is 2.41. The van der Waals surface area contributed by atoms with E-state index in [0.717, 1.165) is 0 Å². The van der Waals surface area contributed by atoms with E-state index in [1.807, 2.05) is 0 Å². The van der Waals surface area contributed by atoms with Crippen molar-refractivity contribution in [3.05, 3.63) is 35.4 Å². The van der Waals surface area contributed by atoms with Crippen molar-refractivity contribution in [3.8, 4) is 0 Å². The van der Waals surface area contributed by atoms with E-state index in [-0.39, 0.29) is 11.1 Å². The van der Waals surface area contributed by atoms with Gasteiger partial charge >= 0.3 is 5.97 Å². The predicted molar refractivity (Wildman–Crippen MR) is 56.0 cm³/mol. The highest BCUT2D eigenvalue weighted by molar-refractivity contribution is 6.68. The quantitative estimate of drug-likeness (QED) is 0.580. The van der Waals surface area contributed by atoms with E-state index in [0.29, 0.717) is 0 Å². The minimum atomic E-state index is -2.22. The van der Waals surface area contributed by atoms with Gasteiger partial charge in [-0.1, -0.05) is 53.0 Å². The SMILES string of the molecule is O=C1O[C@](O)(C(Cl)(Cl)Cl)c2ccccc21. The lowest BCUT2D eigenvalue weighted by atomic mass is 10.0. The van der Waals surface area contributed by atoms with E-state index in [1.165, 1.54) is 12.1 Å². The van der Waals surface area contributed by atoms with Crippen molar-refractivity contribution < 1.29 is 14.6 Å². The molecule has 0 spiro atoms. The van der Waals surface area contributed by atoms with E-state index in [9.17, 15) is 9.90 Å². The third kappa shape index (κ3) is 1.51. The Labute approximate surface area is 100 Å². The summed E-state index contributed by atoms with van der Waals surface area (Å²) in [5.41, 5.74) is 0.362. The van der Waals surface area contributed by atoms with Crippen LogP contribution in [0.3, 0.4) is 0 Å². The largest absolute Gasteiger partial charge is 0.420 e. The molecule has 15 heavy (non-hydrogen) atoms. The van der Waals surface area contributed by atoms with Gasteiger partial charge in [-0.15, -0.1) is 0 Å². The third-order valence-electron chi connectivity index (χ3n) is 2.14. The smallest absolute Gasteiger partial charge is 0.341 e. The normalized spacial score (nSPS) is 24.9. The zero-order valence-corrected chi connectivity index (χ0v) is 9.47. The number of aliphatic hydroxyl groups is 1. The molecule has 0 aromatic heterocycles. The van der Waals surface area contributed by atoms with Crippen LogP contribution in [0.2, 0.25) is 0 Å². The summed E-state index contributed by atoms with van der Waals surface area (Å²) in [5, 5.41) is 10.0. The Morgan fingerprint density at radius 2 is 1.87 bits per heavy atom. The summed E-state index contributed by atoms with van der Waals surface area (Å²) in [7, 11) is 0. The molecule has 0 radical (unpaired) electrons. The second-order valence-corrected chi connectivity index (χ2v) is 5.36. The highest BCUT2D eigenvalue weighted by Crippen LogP contribution is 2.50. The Morgan fingerprint density at radius 3 is 2.47 bits per heavy atom. The summed E-state index contributed by atoms with van der Waals surface area (Å²) in [6, 6.07) is 6.21. The van der Waals surface area contributed by atoms with Gasteiger partial charge in [0.1, 0.15) is 0 Å². The first kappa shape index (κ1) is 11.0. The molecular weight excluding hydrogens is 262 g/mol. The van der Waals surface area contributed by atoms with Crippen molar-refractivity contribution in [3.63, 3.8) is 0 Å². The molecule has 3 nitrogen and oxygen atoms in total. The molecule has 0 aliphatic carbocycles. The number of halogens is 3. The maximum absolute atomic E-state index is 11.4. The Hall–Kier alpha value is -0.480. The first-order chi connectivity index (χ1) is 6.86. The summed E-state index contributed by atoms with van der Waals surface area (Å²) in [5.74, 6) is -2.93. The topological polar surface area (TPSA) is 46.5 Å². The van der Waals surface area contributed by atoms with Crippen LogP contribution < -0.4 is 0 Å². The molecule has 0 saturated heterocycles. The minimum absolute atomic E-state index is 0.162. The number of esters is 1. The van der Waals surface area contributed by atoms with E-state index < -0.39 is 15.5 Å². The Balaban J connectivity index is 2.63. The number of carbonyl (C=O) groups excluding carboxylic acids is 1. The van der Waals surface area contributed by atoms with Gasteiger partial charge in [-0.3, -0.25) is 0 Å². The van der Waals surface area contributed by atoms with Crippen LogP contribution in [-0.2, 0) is 10.5 Å². The molecule has 0 unspecified atom stereocenters. The van der Waals surface area contributed by atoms with Crippen molar-refractivity contribution in [2.24, 2.45) is 0 Å². The fourth-order valence-electron chi connectivity index (χ4n) is 1.41. The van der Waals surface area contributed by atoms with Crippen LogP contribution in [-0.4, -0.2) is 14.9 Å².